The van der Waals surface area contributed by atoms with Gasteiger partial charge in [0.15, 0.2) is 0 Å². The highest BCUT2D eigenvalue weighted by Crippen LogP contribution is 2.50. The zero-order chi connectivity index (χ0) is 16.3. The molecule has 22 heavy (non-hydrogen) atoms. The first-order chi connectivity index (χ1) is 10.5. The molecule has 1 aliphatic heterocycles. The number of nitrogens with zero attached hydrogens (tertiary/aromatic N) is 1. The fourth-order valence-electron chi connectivity index (χ4n) is 3.85. The Bertz CT molecular complexity index is 419. The zero-order valence-electron chi connectivity index (χ0n) is 14.3. The fraction of sp³-hybridized carbons (Fsp3) is 0.882. The number of carbonyl (C=O) groups is 2. The minimum absolute atomic E-state index is 0.0336. The number of hydrogen-bond acceptors (Lipinski definition) is 4. The lowest BCUT2D eigenvalue weighted by Crippen LogP contribution is -2.59. The number of amides is 1. The minimum Gasteiger partial charge on any atom is -0.461 e. The maximum absolute atomic E-state index is 12.4. The molecule has 126 valence electrons. The van der Waals surface area contributed by atoms with Crippen LogP contribution in [0.1, 0.15) is 52.9 Å². The molecule has 3 unspecified atom stereocenters. The molecular weight excluding hydrogens is 282 g/mol. The Morgan fingerprint density at radius 3 is 2.50 bits per heavy atom. The normalized spacial score (nSPS) is 30.8. The monoisotopic (exact) mass is 311 g/mol. The molecule has 0 radical (unpaired) electrons. The lowest BCUT2D eigenvalue weighted by Gasteiger charge is -2.54. The van der Waals surface area contributed by atoms with Gasteiger partial charge in [-0.25, -0.2) is 0 Å². The van der Waals surface area contributed by atoms with Gasteiger partial charge in [-0.3, -0.25) is 9.59 Å². The molecular formula is C17H29NO4. The van der Waals surface area contributed by atoms with Crippen LogP contribution in [0.25, 0.3) is 0 Å². The second-order valence-electron chi connectivity index (χ2n) is 6.55. The first-order valence-corrected chi connectivity index (χ1v) is 8.54. The molecule has 0 aromatic rings. The van der Waals surface area contributed by atoms with E-state index < -0.39 is 0 Å². The molecule has 1 amide bonds. The van der Waals surface area contributed by atoms with Crippen LogP contribution in [-0.4, -0.2) is 49.2 Å². The molecule has 5 nitrogen and oxygen atoms in total. The summed E-state index contributed by atoms with van der Waals surface area (Å²) < 4.78 is 11.6. The van der Waals surface area contributed by atoms with Crippen molar-refractivity contribution in [2.24, 2.45) is 11.3 Å². The summed E-state index contributed by atoms with van der Waals surface area (Å²) in [4.78, 5) is 25.8. The van der Waals surface area contributed by atoms with Crippen LogP contribution in [-0.2, 0) is 19.1 Å². The predicted molar refractivity (Wildman–Crippen MR) is 83.3 cm³/mol. The van der Waals surface area contributed by atoms with Crippen molar-refractivity contribution >= 4 is 11.9 Å². The number of likely N-dealkylation sites (tertiary alicyclic amines) is 1. The maximum atomic E-state index is 12.4. The summed E-state index contributed by atoms with van der Waals surface area (Å²) in [6, 6.07) is 0. The summed E-state index contributed by atoms with van der Waals surface area (Å²) in [5.41, 5.74) is -0.0544. The van der Waals surface area contributed by atoms with Gasteiger partial charge in [-0.1, -0.05) is 13.8 Å². The van der Waals surface area contributed by atoms with E-state index in [0.717, 1.165) is 19.3 Å². The molecule has 0 aromatic carbocycles. The van der Waals surface area contributed by atoms with Crippen LogP contribution in [0.15, 0.2) is 0 Å². The van der Waals surface area contributed by atoms with Crippen LogP contribution >= 0.6 is 0 Å². The Kier molecular flexibility index (Phi) is 5.48. The quantitative estimate of drug-likeness (QED) is 0.707. The van der Waals surface area contributed by atoms with Gasteiger partial charge in [-0.15, -0.1) is 0 Å². The Hall–Kier alpha value is -1.10. The van der Waals surface area contributed by atoms with Crippen LogP contribution < -0.4 is 0 Å². The van der Waals surface area contributed by atoms with E-state index in [4.69, 9.17) is 9.47 Å². The van der Waals surface area contributed by atoms with Crippen LogP contribution in [0.4, 0.5) is 0 Å². The summed E-state index contributed by atoms with van der Waals surface area (Å²) in [5.74, 6) is -0.444. The molecule has 0 N–H and O–H groups in total. The summed E-state index contributed by atoms with van der Waals surface area (Å²) in [5, 5.41) is 0. The summed E-state index contributed by atoms with van der Waals surface area (Å²) in [7, 11) is 1.78. The van der Waals surface area contributed by atoms with Crippen LogP contribution in [0.2, 0.25) is 0 Å². The molecule has 0 aromatic heterocycles. The molecule has 0 bridgehead atoms. The summed E-state index contributed by atoms with van der Waals surface area (Å²) in [6.07, 6.45) is 3.76. The highest BCUT2D eigenvalue weighted by atomic mass is 16.6. The number of ether oxygens (including phenoxy) is 2. The van der Waals surface area contributed by atoms with Crippen molar-refractivity contribution < 1.29 is 19.1 Å². The van der Waals surface area contributed by atoms with Crippen molar-refractivity contribution in [3.05, 3.63) is 0 Å². The van der Waals surface area contributed by atoms with E-state index in [1.54, 1.807) is 11.9 Å². The van der Waals surface area contributed by atoms with Gasteiger partial charge in [0.05, 0.1) is 12.0 Å². The van der Waals surface area contributed by atoms with Gasteiger partial charge in [-0.2, -0.15) is 0 Å². The third kappa shape index (κ3) is 3.00. The van der Waals surface area contributed by atoms with Crippen molar-refractivity contribution in [3.8, 4) is 0 Å². The van der Waals surface area contributed by atoms with Crippen LogP contribution in [0, 0.1) is 11.3 Å². The first kappa shape index (κ1) is 17.3. The van der Waals surface area contributed by atoms with Crippen LogP contribution in [0.3, 0.4) is 0 Å². The fourth-order valence-corrected chi connectivity index (χ4v) is 3.85. The topological polar surface area (TPSA) is 55.8 Å². The zero-order valence-corrected chi connectivity index (χ0v) is 14.3. The van der Waals surface area contributed by atoms with E-state index in [-0.39, 0.29) is 41.8 Å². The molecule has 1 aliphatic carbocycles. The van der Waals surface area contributed by atoms with Gasteiger partial charge in [0, 0.05) is 38.5 Å². The van der Waals surface area contributed by atoms with E-state index in [9.17, 15) is 9.59 Å². The Morgan fingerprint density at radius 1 is 1.27 bits per heavy atom. The largest absolute Gasteiger partial charge is 0.461 e. The van der Waals surface area contributed by atoms with Gasteiger partial charge < -0.3 is 14.4 Å². The summed E-state index contributed by atoms with van der Waals surface area (Å²) in [6.45, 7) is 7.59. The summed E-state index contributed by atoms with van der Waals surface area (Å²) >= 11 is 0. The van der Waals surface area contributed by atoms with E-state index >= 15 is 0 Å². The lowest BCUT2D eigenvalue weighted by molar-refractivity contribution is -0.219. The number of hydrogen-bond donors (Lipinski definition) is 0. The minimum atomic E-state index is -0.277. The predicted octanol–water partition coefficient (Wildman–Crippen LogP) is 2.38. The number of piperidine rings is 1. The van der Waals surface area contributed by atoms with E-state index in [1.807, 2.05) is 6.92 Å². The highest BCUT2D eigenvalue weighted by molar-refractivity contribution is 5.84. The van der Waals surface area contributed by atoms with Crippen molar-refractivity contribution in [2.75, 3.05) is 20.2 Å². The molecule has 2 aliphatic rings. The Labute approximate surface area is 133 Å². The maximum Gasteiger partial charge on any atom is 0.309 e. The van der Waals surface area contributed by atoms with Gasteiger partial charge in [0.2, 0.25) is 5.91 Å². The second kappa shape index (κ2) is 6.99. The molecule has 2 fully saturated rings. The molecule has 5 heteroatoms. The van der Waals surface area contributed by atoms with Crippen molar-refractivity contribution in [3.63, 3.8) is 0 Å². The van der Waals surface area contributed by atoms with Crippen LogP contribution in [0.5, 0.6) is 0 Å². The highest BCUT2D eigenvalue weighted by Gasteiger charge is 2.56. The van der Waals surface area contributed by atoms with Crippen molar-refractivity contribution in [1.29, 1.82) is 0 Å². The molecule has 2 rings (SSSR count). The van der Waals surface area contributed by atoms with Crippen molar-refractivity contribution in [1.82, 2.24) is 4.90 Å². The standard InChI is InChI=1S/C17H29NO4/c1-5-17(6-2)13(21-7-3)11-14(17)22-16(20)12-8-9-18(4)15(19)10-12/h12-14H,5-11H2,1-4H3. The average molecular weight is 311 g/mol. The second-order valence-corrected chi connectivity index (χ2v) is 6.55. The van der Waals surface area contributed by atoms with E-state index in [2.05, 4.69) is 13.8 Å². The first-order valence-electron chi connectivity index (χ1n) is 8.54. The van der Waals surface area contributed by atoms with Gasteiger partial charge in [-0.05, 0) is 26.2 Å². The molecule has 1 saturated carbocycles. The van der Waals surface area contributed by atoms with E-state index in [0.29, 0.717) is 19.6 Å². The average Bonchev–Trinajstić information content (AvgIpc) is 2.50. The van der Waals surface area contributed by atoms with E-state index in [1.165, 1.54) is 0 Å². The Balaban J connectivity index is 1.95. The molecule has 1 heterocycles. The molecule has 1 saturated heterocycles. The number of esters is 1. The SMILES string of the molecule is CCOC1CC(OC(=O)C2CCN(C)C(=O)C2)C1(CC)CC. The number of carbonyl (C=O) groups excluding carboxylic acids is 2. The molecule has 3 atom stereocenters. The smallest absolute Gasteiger partial charge is 0.309 e. The van der Waals surface area contributed by atoms with Gasteiger partial charge in [0.25, 0.3) is 0 Å². The molecule has 0 spiro atoms. The third-order valence-corrected chi connectivity index (χ3v) is 5.65. The Morgan fingerprint density at radius 2 is 1.95 bits per heavy atom. The van der Waals surface area contributed by atoms with Gasteiger partial charge in [0.1, 0.15) is 6.10 Å². The lowest BCUT2D eigenvalue weighted by atomic mass is 9.60. The van der Waals surface area contributed by atoms with Gasteiger partial charge >= 0.3 is 5.97 Å². The number of rotatable bonds is 6. The third-order valence-electron chi connectivity index (χ3n) is 5.65. The van der Waals surface area contributed by atoms with Crippen molar-refractivity contribution in [2.45, 2.75) is 65.1 Å².